The van der Waals surface area contributed by atoms with Crippen molar-refractivity contribution in [2.45, 2.75) is 6.92 Å². The second-order valence-electron chi connectivity index (χ2n) is 1.23. The standard InChI is InChI=1S/C3H3BN2S/c1-2-3(4)6-7-5-2/h1H3. The van der Waals surface area contributed by atoms with Crippen LogP contribution in [0.15, 0.2) is 0 Å². The molecule has 1 heterocycles. The largest absolute Gasteiger partial charge is 0.190 e. The molecule has 1 rings (SSSR count). The maximum Gasteiger partial charge on any atom is 0.145 e. The maximum absolute atomic E-state index is 5.28. The molecule has 0 saturated carbocycles. The van der Waals surface area contributed by atoms with Crippen LogP contribution in [0, 0.1) is 6.92 Å². The highest BCUT2D eigenvalue weighted by Gasteiger charge is 1.90. The molecule has 1 aromatic rings. The summed E-state index contributed by atoms with van der Waals surface area (Å²) in [5.74, 6) is 0. The summed E-state index contributed by atoms with van der Waals surface area (Å²) < 4.78 is 7.55. The number of nitrogens with zero attached hydrogens (tertiary/aromatic N) is 2. The van der Waals surface area contributed by atoms with Crippen molar-refractivity contribution in [3.05, 3.63) is 5.69 Å². The van der Waals surface area contributed by atoms with E-state index in [-0.39, 0.29) is 0 Å². The van der Waals surface area contributed by atoms with Crippen molar-refractivity contribution in [3.63, 3.8) is 0 Å². The van der Waals surface area contributed by atoms with Crippen LogP contribution in [0.25, 0.3) is 0 Å². The first-order valence-electron chi connectivity index (χ1n) is 1.85. The van der Waals surface area contributed by atoms with Crippen molar-refractivity contribution < 1.29 is 0 Å². The summed E-state index contributed by atoms with van der Waals surface area (Å²) in [5, 5.41) is 0. The molecule has 7 heavy (non-hydrogen) atoms. The SMILES string of the molecule is [B]c1nsnc1C. The van der Waals surface area contributed by atoms with Crippen LogP contribution in [-0.4, -0.2) is 16.6 Å². The Labute approximate surface area is 47.3 Å². The fraction of sp³-hybridized carbons (Fsp3) is 0.333. The van der Waals surface area contributed by atoms with Crippen molar-refractivity contribution in [1.82, 2.24) is 8.75 Å². The molecule has 0 amide bonds. The molecule has 0 aromatic carbocycles. The van der Waals surface area contributed by atoms with Crippen molar-refractivity contribution in [2.75, 3.05) is 0 Å². The molecule has 1 aromatic heterocycles. The molecule has 0 aliphatic heterocycles. The van der Waals surface area contributed by atoms with E-state index in [1.54, 1.807) is 0 Å². The minimum Gasteiger partial charge on any atom is -0.190 e. The van der Waals surface area contributed by atoms with Crippen molar-refractivity contribution in [3.8, 4) is 0 Å². The maximum atomic E-state index is 5.28. The van der Waals surface area contributed by atoms with Crippen molar-refractivity contribution in [2.24, 2.45) is 0 Å². The van der Waals surface area contributed by atoms with Gasteiger partial charge in [-0.1, -0.05) is 0 Å². The molecular formula is C3H3BN2S. The van der Waals surface area contributed by atoms with Gasteiger partial charge in [-0.3, -0.25) is 0 Å². The van der Waals surface area contributed by atoms with Crippen LogP contribution >= 0.6 is 11.7 Å². The Balaban J connectivity index is 3.12. The molecule has 0 saturated heterocycles. The lowest BCUT2D eigenvalue weighted by atomic mass is 10.0. The summed E-state index contributed by atoms with van der Waals surface area (Å²) >= 11 is 1.14. The molecule has 0 spiro atoms. The molecule has 0 fully saturated rings. The molecule has 0 aliphatic carbocycles. The molecule has 4 heteroatoms. The van der Waals surface area contributed by atoms with E-state index >= 15 is 0 Å². The highest BCUT2D eigenvalue weighted by Crippen LogP contribution is 1.84. The Morgan fingerprint density at radius 1 is 1.57 bits per heavy atom. The van der Waals surface area contributed by atoms with Crippen LogP contribution < -0.4 is 5.59 Å². The van der Waals surface area contributed by atoms with Crippen LogP contribution in [0.1, 0.15) is 5.69 Å². The molecule has 0 unspecified atom stereocenters. The molecule has 2 radical (unpaired) electrons. The quantitative estimate of drug-likeness (QED) is 0.426. The summed E-state index contributed by atoms with van der Waals surface area (Å²) in [7, 11) is 5.28. The Kier molecular flexibility index (Phi) is 1.10. The number of rotatable bonds is 0. The summed E-state index contributed by atoms with van der Waals surface area (Å²) in [4.78, 5) is 0. The normalized spacial score (nSPS) is 9.29. The first-order chi connectivity index (χ1) is 3.30. The first kappa shape index (κ1) is 4.78. The Morgan fingerprint density at radius 2 is 2.29 bits per heavy atom. The molecule has 0 bridgehead atoms. The van der Waals surface area contributed by atoms with Gasteiger partial charge in [0.05, 0.1) is 17.4 Å². The van der Waals surface area contributed by atoms with E-state index in [1.807, 2.05) is 6.92 Å². The highest BCUT2D eigenvalue weighted by atomic mass is 32.1. The summed E-state index contributed by atoms with van der Waals surface area (Å²) in [6, 6.07) is 0. The average Bonchev–Trinajstić information content (AvgIpc) is 1.91. The van der Waals surface area contributed by atoms with E-state index in [0.29, 0.717) is 5.59 Å². The summed E-state index contributed by atoms with van der Waals surface area (Å²) in [6.07, 6.45) is 0. The van der Waals surface area contributed by atoms with E-state index in [0.717, 1.165) is 17.4 Å². The van der Waals surface area contributed by atoms with E-state index in [1.165, 1.54) is 0 Å². The first-order valence-corrected chi connectivity index (χ1v) is 2.58. The predicted octanol–water partition coefficient (Wildman–Crippen LogP) is -0.360. The topological polar surface area (TPSA) is 25.8 Å². The van der Waals surface area contributed by atoms with Crippen LogP contribution in [0.2, 0.25) is 0 Å². The lowest BCUT2D eigenvalue weighted by Gasteiger charge is -1.75. The van der Waals surface area contributed by atoms with Gasteiger partial charge in [0.2, 0.25) is 0 Å². The van der Waals surface area contributed by atoms with Crippen LogP contribution in [-0.2, 0) is 0 Å². The van der Waals surface area contributed by atoms with Gasteiger partial charge in [0.25, 0.3) is 0 Å². The van der Waals surface area contributed by atoms with Gasteiger partial charge in [-0.05, 0) is 6.92 Å². The fourth-order valence-corrected chi connectivity index (χ4v) is 0.715. The minimum atomic E-state index is 0.546. The van der Waals surface area contributed by atoms with E-state index < -0.39 is 0 Å². The zero-order valence-corrected chi connectivity index (χ0v) is 4.70. The van der Waals surface area contributed by atoms with Gasteiger partial charge in [-0.25, -0.2) is 0 Å². The summed E-state index contributed by atoms with van der Waals surface area (Å²) in [5.41, 5.74) is 1.37. The molecule has 34 valence electrons. The van der Waals surface area contributed by atoms with Gasteiger partial charge < -0.3 is 0 Å². The third-order valence-electron chi connectivity index (χ3n) is 0.688. The predicted molar refractivity (Wildman–Crippen MR) is 30.0 cm³/mol. The number of aromatic nitrogens is 2. The zero-order valence-electron chi connectivity index (χ0n) is 3.88. The van der Waals surface area contributed by atoms with Crippen molar-refractivity contribution in [1.29, 1.82) is 0 Å². The van der Waals surface area contributed by atoms with Crippen LogP contribution in [0.4, 0.5) is 0 Å². The second-order valence-corrected chi connectivity index (χ2v) is 1.76. The van der Waals surface area contributed by atoms with Crippen LogP contribution in [0.3, 0.4) is 0 Å². The van der Waals surface area contributed by atoms with Crippen LogP contribution in [0.5, 0.6) is 0 Å². The third kappa shape index (κ3) is 0.798. The van der Waals surface area contributed by atoms with Gasteiger partial charge in [-0.2, -0.15) is 8.75 Å². The summed E-state index contributed by atoms with van der Waals surface area (Å²) in [6.45, 7) is 1.83. The third-order valence-corrected chi connectivity index (χ3v) is 1.32. The van der Waals surface area contributed by atoms with Gasteiger partial charge in [0, 0.05) is 5.59 Å². The fourth-order valence-electron chi connectivity index (χ4n) is 0.238. The second kappa shape index (κ2) is 1.62. The lowest BCUT2D eigenvalue weighted by Crippen LogP contribution is -2.05. The van der Waals surface area contributed by atoms with E-state index in [2.05, 4.69) is 8.75 Å². The minimum absolute atomic E-state index is 0.546. The Bertz CT molecular complexity index is 145. The average molecular weight is 110 g/mol. The molecule has 2 nitrogen and oxygen atoms in total. The Hall–Kier alpha value is -0.375. The van der Waals surface area contributed by atoms with Gasteiger partial charge >= 0.3 is 0 Å². The number of hydrogen-bond donors (Lipinski definition) is 0. The van der Waals surface area contributed by atoms with Gasteiger partial charge in [0.15, 0.2) is 0 Å². The Morgan fingerprint density at radius 3 is 2.43 bits per heavy atom. The highest BCUT2D eigenvalue weighted by molar-refractivity contribution is 6.99. The van der Waals surface area contributed by atoms with E-state index in [4.69, 9.17) is 7.85 Å². The van der Waals surface area contributed by atoms with Gasteiger partial charge in [0.1, 0.15) is 7.85 Å². The van der Waals surface area contributed by atoms with Gasteiger partial charge in [-0.15, -0.1) is 0 Å². The van der Waals surface area contributed by atoms with Crippen molar-refractivity contribution >= 4 is 25.2 Å². The van der Waals surface area contributed by atoms with E-state index in [9.17, 15) is 0 Å². The molecular weight excluding hydrogens is 107 g/mol. The smallest absolute Gasteiger partial charge is 0.145 e. The zero-order chi connectivity index (χ0) is 5.28. The number of aryl methyl sites for hydroxylation is 1. The molecule has 0 atom stereocenters. The number of hydrogen-bond acceptors (Lipinski definition) is 3. The molecule has 0 aliphatic rings. The lowest BCUT2D eigenvalue weighted by molar-refractivity contribution is 1.36. The molecule has 0 N–H and O–H groups in total. The monoisotopic (exact) mass is 110 g/mol.